The maximum absolute atomic E-state index is 3.60. The lowest BCUT2D eigenvalue weighted by Crippen LogP contribution is -2.57. The van der Waals surface area contributed by atoms with Crippen molar-refractivity contribution in [1.29, 1.82) is 0 Å². The summed E-state index contributed by atoms with van der Waals surface area (Å²) in [6.45, 7) is 14.4. The molecule has 0 spiro atoms. The van der Waals surface area contributed by atoms with Crippen LogP contribution >= 0.6 is 0 Å². The molecule has 0 aromatic rings. The summed E-state index contributed by atoms with van der Waals surface area (Å²) in [6.07, 6.45) is 4.12. The Morgan fingerprint density at radius 1 is 1.11 bits per heavy atom. The highest BCUT2D eigenvalue weighted by Gasteiger charge is 2.36. The summed E-state index contributed by atoms with van der Waals surface area (Å²) in [5.41, 5.74) is 0. The third kappa shape index (κ3) is 3.46. The number of piperazine rings is 1. The van der Waals surface area contributed by atoms with E-state index in [2.05, 4.69) is 35.9 Å². The molecule has 2 unspecified atom stereocenters. The summed E-state index contributed by atoms with van der Waals surface area (Å²) in [6, 6.07) is 1.60. The highest BCUT2D eigenvalue weighted by atomic mass is 15.3. The first-order chi connectivity index (χ1) is 8.72. The van der Waals surface area contributed by atoms with Crippen molar-refractivity contribution < 1.29 is 0 Å². The first-order valence-corrected chi connectivity index (χ1v) is 7.91. The first-order valence-electron chi connectivity index (χ1n) is 7.91. The molecule has 2 atom stereocenters. The van der Waals surface area contributed by atoms with Gasteiger partial charge in [-0.25, -0.2) is 0 Å². The highest BCUT2D eigenvalue weighted by Crippen LogP contribution is 2.32. The summed E-state index contributed by atoms with van der Waals surface area (Å²) in [4.78, 5) is 5.36. The quantitative estimate of drug-likeness (QED) is 0.728. The van der Waals surface area contributed by atoms with E-state index in [9.17, 15) is 0 Å². The molecule has 0 aromatic carbocycles. The summed E-state index contributed by atoms with van der Waals surface area (Å²) in [5, 5.41) is 3.60. The fraction of sp³-hybridized carbons (Fsp3) is 1.00. The van der Waals surface area contributed by atoms with E-state index in [1.54, 1.807) is 0 Å². The smallest absolute Gasteiger partial charge is 0.0137 e. The van der Waals surface area contributed by atoms with E-state index in [-0.39, 0.29) is 0 Å². The van der Waals surface area contributed by atoms with Gasteiger partial charge in [0.05, 0.1) is 0 Å². The highest BCUT2D eigenvalue weighted by molar-refractivity contribution is 4.92. The van der Waals surface area contributed by atoms with Crippen LogP contribution in [0.3, 0.4) is 0 Å². The Kier molecular flexibility index (Phi) is 5.46. The predicted octanol–water partition coefficient (Wildman–Crippen LogP) is 1.79. The van der Waals surface area contributed by atoms with Gasteiger partial charge in [-0.3, -0.25) is 9.80 Å². The van der Waals surface area contributed by atoms with Crippen LogP contribution in [0.1, 0.15) is 40.0 Å². The van der Waals surface area contributed by atoms with Gasteiger partial charge in [0.15, 0.2) is 0 Å². The Morgan fingerprint density at radius 3 is 2.33 bits per heavy atom. The third-order valence-electron chi connectivity index (χ3n) is 4.76. The Balaban J connectivity index is 1.69. The minimum absolute atomic E-state index is 0.718. The lowest BCUT2D eigenvalue weighted by atomic mass is 9.78. The zero-order valence-corrected chi connectivity index (χ0v) is 12.5. The number of hydrogen-bond acceptors (Lipinski definition) is 3. The number of nitrogens with zero attached hydrogens (tertiary/aromatic N) is 2. The molecule has 106 valence electrons. The van der Waals surface area contributed by atoms with Crippen molar-refractivity contribution in [2.45, 2.75) is 52.1 Å². The third-order valence-corrected chi connectivity index (χ3v) is 4.76. The molecule has 0 bridgehead atoms. The lowest BCUT2D eigenvalue weighted by Gasteiger charge is -2.48. The largest absolute Gasteiger partial charge is 0.316 e. The molecule has 2 aliphatic rings. The van der Waals surface area contributed by atoms with Crippen LogP contribution in [0, 0.1) is 5.92 Å². The minimum Gasteiger partial charge on any atom is -0.316 e. The topological polar surface area (TPSA) is 18.5 Å². The summed E-state index contributed by atoms with van der Waals surface area (Å²) in [7, 11) is 0. The van der Waals surface area contributed by atoms with Crippen molar-refractivity contribution in [1.82, 2.24) is 15.1 Å². The van der Waals surface area contributed by atoms with Gasteiger partial charge in [0.2, 0.25) is 0 Å². The van der Waals surface area contributed by atoms with Gasteiger partial charge in [0.25, 0.3) is 0 Å². The van der Waals surface area contributed by atoms with E-state index in [0.717, 1.165) is 18.0 Å². The average Bonchev–Trinajstić information content (AvgIpc) is 2.34. The zero-order chi connectivity index (χ0) is 13.0. The predicted molar refractivity (Wildman–Crippen MR) is 78.0 cm³/mol. The van der Waals surface area contributed by atoms with Crippen molar-refractivity contribution in [3.63, 3.8) is 0 Å². The van der Waals surface area contributed by atoms with Crippen LogP contribution < -0.4 is 5.32 Å². The summed E-state index contributed by atoms with van der Waals surface area (Å²) in [5.74, 6) is 0.919. The molecule has 0 amide bonds. The molecule has 1 saturated heterocycles. The molecule has 1 saturated carbocycles. The number of rotatable bonds is 6. The molecule has 18 heavy (non-hydrogen) atoms. The van der Waals surface area contributed by atoms with Crippen LogP contribution in [-0.4, -0.2) is 61.2 Å². The van der Waals surface area contributed by atoms with Gasteiger partial charge in [-0.05, 0) is 52.1 Å². The molecule has 2 rings (SSSR count). The lowest BCUT2D eigenvalue weighted by molar-refractivity contribution is 0.0135. The molecule has 3 nitrogen and oxygen atoms in total. The van der Waals surface area contributed by atoms with Gasteiger partial charge in [-0.15, -0.1) is 0 Å². The van der Waals surface area contributed by atoms with Gasteiger partial charge in [0, 0.05) is 38.3 Å². The van der Waals surface area contributed by atoms with Crippen LogP contribution in [-0.2, 0) is 0 Å². The summed E-state index contributed by atoms with van der Waals surface area (Å²) < 4.78 is 0. The van der Waals surface area contributed by atoms with Gasteiger partial charge >= 0.3 is 0 Å². The van der Waals surface area contributed by atoms with Gasteiger partial charge < -0.3 is 5.32 Å². The molecule has 1 heterocycles. The van der Waals surface area contributed by atoms with E-state index in [1.807, 2.05) is 0 Å². The Hall–Kier alpha value is -0.120. The van der Waals surface area contributed by atoms with E-state index in [0.29, 0.717) is 0 Å². The molecular formula is C15H31N3. The van der Waals surface area contributed by atoms with Crippen molar-refractivity contribution in [2.75, 3.05) is 39.3 Å². The standard InChI is InChI=1S/C15H31N3/c1-4-7-16-12-14-5-6-15(14)18-10-8-17(9-11-18)13(2)3/h13-16H,4-12H2,1-3H3. The van der Waals surface area contributed by atoms with Crippen molar-refractivity contribution >= 4 is 0 Å². The molecule has 2 fully saturated rings. The van der Waals surface area contributed by atoms with E-state index >= 15 is 0 Å². The van der Waals surface area contributed by atoms with Crippen LogP contribution in [0.25, 0.3) is 0 Å². The second-order valence-corrected chi connectivity index (χ2v) is 6.27. The second kappa shape index (κ2) is 6.88. The van der Waals surface area contributed by atoms with Crippen molar-refractivity contribution in [2.24, 2.45) is 5.92 Å². The fourth-order valence-electron chi connectivity index (χ4n) is 3.32. The van der Waals surface area contributed by atoms with Crippen molar-refractivity contribution in [3.8, 4) is 0 Å². The van der Waals surface area contributed by atoms with Gasteiger partial charge in [-0.1, -0.05) is 6.92 Å². The zero-order valence-electron chi connectivity index (χ0n) is 12.5. The van der Waals surface area contributed by atoms with E-state index < -0.39 is 0 Å². The van der Waals surface area contributed by atoms with Gasteiger partial charge in [-0.2, -0.15) is 0 Å². The monoisotopic (exact) mass is 253 g/mol. The number of hydrogen-bond donors (Lipinski definition) is 1. The fourth-order valence-corrected chi connectivity index (χ4v) is 3.32. The van der Waals surface area contributed by atoms with E-state index in [1.165, 1.54) is 58.5 Å². The molecule has 0 radical (unpaired) electrons. The van der Waals surface area contributed by atoms with Crippen LogP contribution in [0.15, 0.2) is 0 Å². The summed E-state index contributed by atoms with van der Waals surface area (Å²) >= 11 is 0. The second-order valence-electron chi connectivity index (χ2n) is 6.27. The Bertz CT molecular complexity index is 234. The van der Waals surface area contributed by atoms with Crippen molar-refractivity contribution in [3.05, 3.63) is 0 Å². The van der Waals surface area contributed by atoms with Crippen LogP contribution in [0.4, 0.5) is 0 Å². The van der Waals surface area contributed by atoms with Crippen LogP contribution in [0.2, 0.25) is 0 Å². The molecule has 3 heteroatoms. The Morgan fingerprint density at radius 2 is 1.83 bits per heavy atom. The molecule has 1 aliphatic carbocycles. The van der Waals surface area contributed by atoms with Crippen LogP contribution in [0.5, 0.6) is 0 Å². The first kappa shape index (κ1) is 14.3. The van der Waals surface area contributed by atoms with E-state index in [4.69, 9.17) is 0 Å². The minimum atomic E-state index is 0.718. The molecule has 1 aliphatic heterocycles. The number of nitrogens with one attached hydrogen (secondary N) is 1. The maximum Gasteiger partial charge on any atom is 0.0137 e. The Labute approximate surface area is 113 Å². The molecule has 1 N–H and O–H groups in total. The normalized spacial score (nSPS) is 30.7. The average molecular weight is 253 g/mol. The SMILES string of the molecule is CCCNCC1CCC1N1CCN(C(C)C)CC1. The molecular weight excluding hydrogens is 222 g/mol. The maximum atomic E-state index is 3.60. The molecule has 0 aromatic heterocycles. The van der Waals surface area contributed by atoms with Gasteiger partial charge in [0.1, 0.15) is 0 Å².